The molecule has 5 nitrogen and oxygen atoms in total. The van der Waals surface area contributed by atoms with E-state index >= 15 is 0 Å². The van der Waals surface area contributed by atoms with E-state index in [9.17, 15) is 4.79 Å². The van der Waals surface area contributed by atoms with Gasteiger partial charge in [0.1, 0.15) is 11.3 Å². The first-order chi connectivity index (χ1) is 13.1. The van der Waals surface area contributed by atoms with Crippen LogP contribution in [0.5, 0.6) is 5.75 Å². The predicted molar refractivity (Wildman–Crippen MR) is 112 cm³/mol. The topological polar surface area (TPSA) is 48.5 Å². The van der Waals surface area contributed by atoms with Gasteiger partial charge in [0.25, 0.3) is 5.56 Å². The first-order valence-corrected chi connectivity index (χ1v) is 12.5. The van der Waals surface area contributed by atoms with Crippen molar-refractivity contribution in [1.29, 1.82) is 0 Å². The Balaban J connectivity index is 1.90. The largest absolute Gasteiger partial charge is 0.490 e. The van der Waals surface area contributed by atoms with Crippen LogP contribution in [0.15, 0.2) is 41.7 Å². The van der Waals surface area contributed by atoms with Gasteiger partial charge in [0.15, 0.2) is 0 Å². The molecule has 0 N–H and O–H groups in total. The lowest BCUT2D eigenvalue weighted by molar-refractivity contribution is 0.211. The normalized spacial score (nSPS) is 16.1. The maximum absolute atomic E-state index is 12.4. The van der Waals surface area contributed by atoms with Crippen molar-refractivity contribution in [2.75, 3.05) is 0 Å². The molecule has 27 heavy (non-hydrogen) atoms. The van der Waals surface area contributed by atoms with E-state index in [0.29, 0.717) is 11.6 Å². The molecule has 1 saturated carbocycles. The summed E-state index contributed by atoms with van der Waals surface area (Å²) >= 11 is 0. The Bertz CT molecular complexity index is 1020. The van der Waals surface area contributed by atoms with Gasteiger partial charge in [0.05, 0.1) is 33.1 Å². The van der Waals surface area contributed by atoms with Crippen molar-refractivity contribution in [3.05, 3.63) is 47.3 Å². The molecule has 2 heterocycles. The highest BCUT2D eigenvalue weighted by molar-refractivity contribution is 6.72. The van der Waals surface area contributed by atoms with E-state index < -0.39 is 8.80 Å². The summed E-state index contributed by atoms with van der Waals surface area (Å²) in [6, 6.07) is 7.87. The number of hydrogen-bond acceptors (Lipinski definition) is 3. The Hall–Kier alpha value is -2.34. The van der Waals surface area contributed by atoms with Gasteiger partial charge in [-0.05, 0) is 31.7 Å². The van der Waals surface area contributed by atoms with Crippen LogP contribution < -0.4 is 15.5 Å². The summed E-state index contributed by atoms with van der Waals surface area (Å²) in [5, 5.41) is 1.42. The van der Waals surface area contributed by atoms with Crippen molar-refractivity contribution in [3.8, 4) is 17.0 Å². The number of imidazole rings is 1. The molecule has 4 rings (SSSR count). The third-order valence-corrected chi connectivity index (χ3v) is 8.53. The summed E-state index contributed by atoms with van der Waals surface area (Å²) < 4.78 is 9.95. The summed E-state index contributed by atoms with van der Waals surface area (Å²) in [5.41, 5.74) is 2.57. The molecule has 1 unspecified atom stereocenters. The predicted octanol–water partition coefficient (Wildman–Crippen LogP) is 3.11. The standard InChI is InChI=1S/C21H27N3O2Si/c1-4-27(3)16-9-10-20(26-15-7-5-6-8-15)17(11-16)19-13-23(2)21(25)18-12-22-14-24(18)19/h9-15,27H,4-8H2,1-3H3. The minimum Gasteiger partial charge on any atom is -0.490 e. The van der Waals surface area contributed by atoms with E-state index in [1.54, 1.807) is 24.1 Å². The highest BCUT2D eigenvalue weighted by atomic mass is 28.3. The molecule has 0 bridgehead atoms. The molecule has 0 saturated heterocycles. The molecule has 2 aromatic heterocycles. The Kier molecular flexibility index (Phi) is 4.91. The van der Waals surface area contributed by atoms with Gasteiger partial charge in [-0.1, -0.05) is 36.8 Å². The van der Waals surface area contributed by atoms with Crippen LogP contribution in [-0.4, -0.2) is 28.9 Å². The minimum atomic E-state index is -0.968. The van der Waals surface area contributed by atoms with E-state index in [1.165, 1.54) is 24.1 Å². The minimum absolute atomic E-state index is 0.0398. The molecule has 0 spiro atoms. The van der Waals surface area contributed by atoms with Gasteiger partial charge >= 0.3 is 0 Å². The molecular weight excluding hydrogens is 354 g/mol. The number of aryl methyl sites for hydroxylation is 1. The molecule has 1 atom stereocenters. The number of fused-ring (bicyclic) bond motifs is 1. The van der Waals surface area contributed by atoms with Gasteiger partial charge < -0.3 is 9.30 Å². The summed E-state index contributed by atoms with van der Waals surface area (Å²) in [7, 11) is 0.827. The average molecular weight is 382 g/mol. The second-order valence-electron chi connectivity index (χ2n) is 7.67. The molecule has 1 fully saturated rings. The smallest absolute Gasteiger partial charge is 0.276 e. The van der Waals surface area contributed by atoms with Crippen molar-refractivity contribution >= 4 is 19.5 Å². The second-order valence-corrected chi connectivity index (χ2v) is 11.0. The zero-order valence-corrected chi connectivity index (χ0v) is 17.5. The first kappa shape index (κ1) is 18.0. The van der Waals surface area contributed by atoms with Crippen molar-refractivity contribution in [2.45, 2.75) is 51.3 Å². The number of aromatic nitrogens is 3. The molecule has 0 radical (unpaired) electrons. The van der Waals surface area contributed by atoms with E-state index in [2.05, 4.69) is 36.7 Å². The van der Waals surface area contributed by atoms with Crippen molar-refractivity contribution in [2.24, 2.45) is 7.05 Å². The quantitative estimate of drug-likeness (QED) is 0.638. The molecule has 142 valence electrons. The third kappa shape index (κ3) is 3.34. The Morgan fingerprint density at radius 3 is 2.81 bits per heavy atom. The molecule has 3 aromatic rings. The van der Waals surface area contributed by atoms with Crippen molar-refractivity contribution < 1.29 is 4.74 Å². The monoisotopic (exact) mass is 381 g/mol. The third-order valence-electron chi connectivity index (χ3n) is 5.81. The van der Waals surface area contributed by atoms with Crippen LogP contribution in [0.25, 0.3) is 16.8 Å². The van der Waals surface area contributed by atoms with Gasteiger partial charge in [0, 0.05) is 18.8 Å². The molecule has 1 aliphatic rings. The molecule has 1 aliphatic carbocycles. The number of ether oxygens (including phenoxy) is 1. The Morgan fingerprint density at radius 2 is 2.07 bits per heavy atom. The zero-order chi connectivity index (χ0) is 19.0. The van der Waals surface area contributed by atoms with E-state index in [0.717, 1.165) is 29.8 Å². The van der Waals surface area contributed by atoms with Gasteiger partial charge in [-0.15, -0.1) is 0 Å². The van der Waals surface area contributed by atoms with Gasteiger partial charge in [-0.2, -0.15) is 0 Å². The highest BCUT2D eigenvalue weighted by Gasteiger charge is 2.21. The van der Waals surface area contributed by atoms with Crippen LogP contribution in [0.4, 0.5) is 0 Å². The zero-order valence-electron chi connectivity index (χ0n) is 16.3. The molecule has 1 aromatic carbocycles. The summed E-state index contributed by atoms with van der Waals surface area (Å²) in [4.78, 5) is 16.6. The molecule has 6 heteroatoms. The summed E-state index contributed by atoms with van der Waals surface area (Å²) in [6.45, 7) is 4.64. The van der Waals surface area contributed by atoms with Crippen LogP contribution in [0.3, 0.4) is 0 Å². The Labute approximate surface area is 161 Å². The number of rotatable bonds is 5. The maximum atomic E-state index is 12.4. The fraction of sp³-hybridized carbons (Fsp3) is 0.429. The van der Waals surface area contributed by atoms with E-state index in [-0.39, 0.29) is 5.56 Å². The van der Waals surface area contributed by atoms with Crippen LogP contribution in [0.1, 0.15) is 32.6 Å². The average Bonchev–Trinajstić information content (AvgIpc) is 3.36. The lowest BCUT2D eigenvalue weighted by Gasteiger charge is -2.20. The molecular formula is C21H27N3O2Si. The van der Waals surface area contributed by atoms with E-state index in [1.807, 2.05) is 10.6 Å². The van der Waals surface area contributed by atoms with Crippen molar-refractivity contribution in [1.82, 2.24) is 14.0 Å². The lowest BCUT2D eigenvalue weighted by Crippen LogP contribution is -2.26. The summed E-state index contributed by atoms with van der Waals surface area (Å²) in [6.07, 6.45) is 10.3. The van der Waals surface area contributed by atoms with Crippen LogP contribution in [-0.2, 0) is 7.05 Å². The van der Waals surface area contributed by atoms with E-state index in [4.69, 9.17) is 4.74 Å². The van der Waals surface area contributed by atoms with Crippen LogP contribution in [0, 0.1) is 0 Å². The Morgan fingerprint density at radius 1 is 1.30 bits per heavy atom. The van der Waals surface area contributed by atoms with Gasteiger partial charge in [-0.3, -0.25) is 9.20 Å². The van der Waals surface area contributed by atoms with Crippen LogP contribution in [0.2, 0.25) is 12.6 Å². The highest BCUT2D eigenvalue weighted by Crippen LogP contribution is 2.32. The fourth-order valence-electron chi connectivity index (χ4n) is 3.91. The molecule has 0 aliphatic heterocycles. The summed E-state index contributed by atoms with van der Waals surface area (Å²) in [5.74, 6) is 0.914. The first-order valence-electron chi connectivity index (χ1n) is 9.91. The van der Waals surface area contributed by atoms with Gasteiger partial charge in [-0.25, -0.2) is 4.98 Å². The maximum Gasteiger partial charge on any atom is 0.276 e. The number of hydrogen-bond donors (Lipinski definition) is 0. The second kappa shape index (κ2) is 7.35. The van der Waals surface area contributed by atoms with Gasteiger partial charge in [0.2, 0.25) is 0 Å². The van der Waals surface area contributed by atoms with Crippen molar-refractivity contribution in [3.63, 3.8) is 0 Å². The number of nitrogens with zero attached hydrogens (tertiary/aromatic N) is 3. The lowest BCUT2D eigenvalue weighted by atomic mass is 10.1. The number of benzene rings is 1. The van der Waals surface area contributed by atoms with Crippen LogP contribution >= 0.6 is 0 Å². The molecule has 0 amide bonds. The SMILES string of the molecule is CC[SiH](C)c1ccc(OC2CCCC2)c(-c2cn(C)c(=O)c3cncn23)c1. The fourth-order valence-corrected chi connectivity index (χ4v) is 5.26.